The standard InChI is InChI=1S/C11H15F3N2/c1-8(15)9-3-5-10(6-4-9)16(2)7-11(12,13)14/h3-6,8H,7,15H2,1-2H3/t8-/m0/s1. The second-order valence-electron chi connectivity index (χ2n) is 3.85. The molecular weight excluding hydrogens is 217 g/mol. The molecule has 2 N–H and O–H groups in total. The molecule has 0 saturated carbocycles. The summed E-state index contributed by atoms with van der Waals surface area (Å²) in [7, 11) is 1.41. The van der Waals surface area contributed by atoms with Crippen molar-refractivity contribution in [3.63, 3.8) is 0 Å². The third kappa shape index (κ3) is 3.73. The summed E-state index contributed by atoms with van der Waals surface area (Å²) in [6.07, 6.45) is -4.19. The summed E-state index contributed by atoms with van der Waals surface area (Å²) < 4.78 is 36.4. The lowest BCUT2D eigenvalue weighted by Crippen LogP contribution is -2.30. The molecule has 0 aromatic heterocycles. The van der Waals surface area contributed by atoms with Crippen LogP contribution in [-0.4, -0.2) is 19.8 Å². The van der Waals surface area contributed by atoms with E-state index in [1.165, 1.54) is 7.05 Å². The minimum absolute atomic E-state index is 0.109. The number of hydrogen-bond donors (Lipinski definition) is 1. The van der Waals surface area contributed by atoms with E-state index in [1.807, 2.05) is 6.92 Å². The summed E-state index contributed by atoms with van der Waals surface area (Å²) in [6, 6.07) is 6.66. The molecule has 0 bridgehead atoms. The highest BCUT2D eigenvalue weighted by atomic mass is 19.4. The molecule has 2 nitrogen and oxygen atoms in total. The van der Waals surface area contributed by atoms with E-state index in [-0.39, 0.29) is 6.04 Å². The highest BCUT2D eigenvalue weighted by molar-refractivity contribution is 5.47. The molecule has 16 heavy (non-hydrogen) atoms. The fourth-order valence-corrected chi connectivity index (χ4v) is 1.39. The molecule has 0 spiro atoms. The first-order chi connectivity index (χ1) is 7.29. The Morgan fingerprint density at radius 3 is 2.12 bits per heavy atom. The van der Waals surface area contributed by atoms with E-state index in [2.05, 4.69) is 0 Å². The number of hydrogen-bond acceptors (Lipinski definition) is 2. The largest absolute Gasteiger partial charge is 0.405 e. The number of anilines is 1. The lowest BCUT2D eigenvalue weighted by Gasteiger charge is -2.21. The first-order valence-corrected chi connectivity index (χ1v) is 4.93. The van der Waals surface area contributed by atoms with Gasteiger partial charge in [0, 0.05) is 18.8 Å². The van der Waals surface area contributed by atoms with Crippen molar-refractivity contribution >= 4 is 5.69 Å². The van der Waals surface area contributed by atoms with Crippen LogP contribution in [0.3, 0.4) is 0 Å². The van der Waals surface area contributed by atoms with Gasteiger partial charge in [0.05, 0.1) is 0 Å². The Bertz CT molecular complexity index is 330. The molecule has 0 saturated heterocycles. The van der Waals surface area contributed by atoms with Gasteiger partial charge in [-0.05, 0) is 24.6 Å². The molecule has 0 aliphatic heterocycles. The molecule has 0 heterocycles. The Kier molecular flexibility index (Phi) is 3.80. The smallest absolute Gasteiger partial charge is 0.366 e. The van der Waals surface area contributed by atoms with Gasteiger partial charge in [0.2, 0.25) is 0 Å². The van der Waals surface area contributed by atoms with Gasteiger partial charge in [-0.25, -0.2) is 0 Å². The second-order valence-corrected chi connectivity index (χ2v) is 3.85. The average molecular weight is 232 g/mol. The number of nitrogens with zero attached hydrogens (tertiary/aromatic N) is 1. The minimum atomic E-state index is -4.19. The fraction of sp³-hybridized carbons (Fsp3) is 0.455. The maximum atomic E-state index is 12.1. The van der Waals surface area contributed by atoms with E-state index in [0.29, 0.717) is 5.69 Å². The van der Waals surface area contributed by atoms with Crippen LogP contribution in [-0.2, 0) is 0 Å². The van der Waals surface area contributed by atoms with Gasteiger partial charge < -0.3 is 10.6 Å². The van der Waals surface area contributed by atoms with Crippen molar-refractivity contribution in [3.05, 3.63) is 29.8 Å². The van der Waals surface area contributed by atoms with Gasteiger partial charge >= 0.3 is 6.18 Å². The summed E-state index contributed by atoms with van der Waals surface area (Å²) in [5.74, 6) is 0. The Balaban J connectivity index is 2.74. The normalized spacial score (nSPS) is 13.6. The molecule has 90 valence electrons. The van der Waals surface area contributed by atoms with Crippen molar-refractivity contribution in [2.24, 2.45) is 5.73 Å². The third-order valence-electron chi connectivity index (χ3n) is 2.28. The minimum Gasteiger partial charge on any atom is -0.366 e. The van der Waals surface area contributed by atoms with E-state index in [9.17, 15) is 13.2 Å². The van der Waals surface area contributed by atoms with Gasteiger partial charge in [0.25, 0.3) is 0 Å². The van der Waals surface area contributed by atoms with Crippen LogP contribution in [0.25, 0.3) is 0 Å². The predicted octanol–water partition coefficient (Wildman–Crippen LogP) is 2.70. The molecule has 1 aromatic carbocycles. The molecule has 0 unspecified atom stereocenters. The highest BCUT2D eigenvalue weighted by Gasteiger charge is 2.29. The quantitative estimate of drug-likeness (QED) is 0.868. The third-order valence-corrected chi connectivity index (χ3v) is 2.28. The highest BCUT2D eigenvalue weighted by Crippen LogP contribution is 2.22. The van der Waals surface area contributed by atoms with Gasteiger partial charge in [-0.3, -0.25) is 0 Å². The Labute approximate surface area is 92.9 Å². The number of rotatable bonds is 3. The van der Waals surface area contributed by atoms with Gasteiger partial charge in [-0.1, -0.05) is 12.1 Å². The summed E-state index contributed by atoms with van der Waals surface area (Å²) in [6.45, 7) is 0.874. The SMILES string of the molecule is C[C@H](N)c1ccc(N(C)CC(F)(F)F)cc1. The molecule has 1 atom stereocenters. The summed E-state index contributed by atoms with van der Waals surface area (Å²) >= 11 is 0. The van der Waals surface area contributed by atoms with E-state index < -0.39 is 12.7 Å². The van der Waals surface area contributed by atoms with Crippen molar-refractivity contribution in [2.45, 2.75) is 19.1 Å². The maximum absolute atomic E-state index is 12.1. The fourth-order valence-electron chi connectivity index (χ4n) is 1.39. The molecule has 5 heteroatoms. The number of halogens is 3. The molecule has 0 radical (unpaired) electrons. The topological polar surface area (TPSA) is 29.3 Å². The molecular formula is C11H15F3N2. The van der Waals surface area contributed by atoms with Crippen molar-refractivity contribution in [2.75, 3.05) is 18.5 Å². The monoisotopic (exact) mass is 232 g/mol. The number of alkyl halides is 3. The van der Waals surface area contributed by atoms with Crippen LogP contribution < -0.4 is 10.6 Å². The van der Waals surface area contributed by atoms with Gasteiger partial charge in [0.1, 0.15) is 6.54 Å². The van der Waals surface area contributed by atoms with E-state index >= 15 is 0 Å². The molecule has 0 aliphatic rings. The zero-order chi connectivity index (χ0) is 12.3. The lowest BCUT2D eigenvalue weighted by molar-refractivity contribution is -0.119. The van der Waals surface area contributed by atoms with Crippen LogP contribution >= 0.6 is 0 Å². The zero-order valence-corrected chi connectivity index (χ0v) is 9.25. The number of nitrogens with two attached hydrogens (primary N) is 1. The van der Waals surface area contributed by atoms with E-state index in [4.69, 9.17) is 5.73 Å². The first kappa shape index (κ1) is 12.8. The number of benzene rings is 1. The van der Waals surface area contributed by atoms with Crippen molar-refractivity contribution in [3.8, 4) is 0 Å². The van der Waals surface area contributed by atoms with Crippen LogP contribution in [0.15, 0.2) is 24.3 Å². The molecule has 1 rings (SSSR count). The summed E-state index contributed by atoms with van der Waals surface area (Å²) in [4.78, 5) is 1.16. The van der Waals surface area contributed by atoms with Crippen molar-refractivity contribution < 1.29 is 13.2 Å². The molecule has 0 fully saturated rings. The molecule has 1 aromatic rings. The van der Waals surface area contributed by atoms with Crippen LogP contribution in [0.2, 0.25) is 0 Å². The van der Waals surface area contributed by atoms with Crippen LogP contribution in [0.4, 0.5) is 18.9 Å². The average Bonchev–Trinajstić information content (AvgIpc) is 2.15. The zero-order valence-electron chi connectivity index (χ0n) is 9.25. The van der Waals surface area contributed by atoms with Gasteiger partial charge in [0.15, 0.2) is 0 Å². The van der Waals surface area contributed by atoms with E-state index in [0.717, 1.165) is 10.5 Å². The Hall–Kier alpha value is -1.23. The lowest BCUT2D eigenvalue weighted by atomic mass is 10.1. The second kappa shape index (κ2) is 4.74. The van der Waals surface area contributed by atoms with E-state index in [1.54, 1.807) is 24.3 Å². The molecule has 0 aliphatic carbocycles. The Morgan fingerprint density at radius 2 is 1.75 bits per heavy atom. The maximum Gasteiger partial charge on any atom is 0.405 e. The van der Waals surface area contributed by atoms with Crippen molar-refractivity contribution in [1.82, 2.24) is 0 Å². The van der Waals surface area contributed by atoms with Gasteiger partial charge in [-0.2, -0.15) is 13.2 Å². The first-order valence-electron chi connectivity index (χ1n) is 4.93. The van der Waals surface area contributed by atoms with Crippen LogP contribution in [0.1, 0.15) is 18.5 Å². The van der Waals surface area contributed by atoms with Gasteiger partial charge in [-0.15, -0.1) is 0 Å². The Morgan fingerprint density at radius 1 is 1.25 bits per heavy atom. The summed E-state index contributed by atoms with van der Waals surface area (Å²) in [5.41, 5.74) is 7.08. The van der Waals surface area contributed by atoms with Crippen LogP contribution in [0.5, 0.6) is 0 Å². The summed E-state index contributed by atoms with van der Waals surface area (Å²) in [5, 5.41) is 0. The van der Waals surface area contributed by atoms with Crippen molar-refractivity contribution in [1.29, 1.82) is 0 Å². The predicted molar refractivity (Wildman–Crippen MR) is 58.4 cm³/mol. The molecule has 0 amide bonds. The van der Waals surface area contributed by atoms with Crippen LogP contribution in [0, 0.1) is 0 Å².